The highest BCUT2D eigenvalue weighted by Crippen LogP contribution is 2.66. The number of allylic oxidation sites excluding steroid dienone is 1. The van der Waals surface area contributed by atoms with Gasteiger partial charge in [0.05, 0.1) is 6.42 Å². The lowest BCUT2D eigenvalue weighted by atomic mass is 9.46. The van der Waals surface area contributed by atoms with Gasteiger partial charge in [-0.2, -0.15) is 0 Å². The third-order valence-corrected chi connectivity index (χ3v) is 10.5. The molecule has 0 radical (unpaired) electrons. The van der Waals surface area contributed by atoms with E-state index in [4.69, 9.17) is 14.9 Å². The number of carboxylic acid groups (broad SMARTS) is 2. The van der Waals surface area contributed by atoms with E-state index >= 15 is 0 Å². The second-order valence-electron chi connectivity index (χ2n) is 12.8. The molecule has 0 aromatic carbocycles. The van der Waals surface area contributed by atoms with Gasteiger partial charge in [-0.25, -0.2) is 4.79 Å². The molecule has 0 aliphatic heterocycles. The predicted molar refractivity (Wildman–Crippen MR) is 144 cm³/mol. The second-order valence-corrected chi connectivity index (χ2v) is 12.8. The zero-order valence-corrected chi connectivity index (χ0v) is 24.0. The number of amides is 1. The Hall–Kier alpha value is -3.41. The maximum absolute atomic E-state index is 13.7. The Morgan fingerprint density at radius 2 is 1.74 bits per heavy atom. The van der Waals surface area contributed by atoms with Crippen LogP contribution in [0.15, 0.2) is 11.6 Å². The highest BCUT2D eigenvalue weighted by atomic mass is 16.5. The van der Waals surface area contributed by atoms with Gasteiger partial charge in [0.15, 0.2) is 12.4 Å². The summed E-state index contributed by atoms with van der Waals surface area (Å²) in [4.78, 5) is 85.4. The van der Waals surface area contributed by atoms with Crippen LogP contribution in [0.25, 0.3) is 0 Å². The Kier molecular flexibility index (Phi) is 8.78. The van der Waals surface area contributed by atoms with Crippen LogP contribution in [0.5, 0.6) is 0 Å². The standard InChI is InChI=1S/C30H39NO11/c1-28-11-9-17(32)13-16(28)3-4-18-19-10-12-30(41,29(19,2)14-21(33)26(18)28)22(34)15-42-25(38)8-6-23(35)31-20(27(39)40)5-7-24(36)37/h13,18-20,26,41H,3-12,14-15H2,1-2H3,(H,31,35)(H,36,37)(H,39,40). The van der Waals surface area contributed by atoms with Crippen molar-refractivity contribution in [3.05, 3.63) is 11.6 Å². The number of aliphatic hydroxyl groups is 1. The van der Waals surface area contributed by atoms with Gasteiger partial charge >= 0.3 is 17.9 Å². The van der Waals surface area contributed by atoms with E-state index in [-0.39, 0.29) is 48.6 Å². The van der Waals surface area contributed by atoms with E-state index in [0.717, 1.165) is 5.57 Å². The lowest BCUT2D eigenvalue weighted by molar-refractivity contribution is -0.174. The predicted octanol–water partition coefficient (Wildman–Crippen LogP) is 1.76. The summed E-state index contributed by atoms with van der Waals surface area (Å²) in [5, 5.41) is 31.7. The summed E-state index contributed by atoms with van der Waals surface area (Å²) in [5.74, 6) is -5.33. The van der Waals surface area contributed by atoms with Gasteiger partial charge in [0, 0.05) is 37.0 Å². The van der Waals surface area contributed by atoms with E-state index in [0.29, 0.717) is 32.1 Å². The minimum atomic E-state index is -1.87. The smallest absolute Gasteiger partial charge is 0.326 e. The van der Waals surface area contributed by atoms with E-state index in [1.165, 1.54) is 0 Å². The molecule has 12 nitrogen and oxygen atoms in total. The minimum Gasteiger partial charge on any atom is -0.481 e. The first-order chi connectivity index (χ1) is 19.6. The summed E-state index contributed by atoms with van der Waals surface area (Å²) < 4.78 is 5.07. The number of rotatable bonds is 11. The molecule has 4 N–H and O–H groups in total. The molecule has 7 unspecified atom stereocenters. The number of carbonyl (C=O) groups is 7. The topological polar surface area (TPSA) is 201 Å². The molecule has 0 aromatic rings. The third-order valence-electron chi connectivity index (χ3n) is 10.5. The molecular weight excluding hydrogens is 550 g/mol. The van der Waals surface area contributed by atoms with Crippen molar-refractivity contribution < 1.29 is 53.6 Å². The first kappa shape index (κ1) is 31.5. The largest absolute Gasteiger partial charge is 0.481 e. The van der Waals surface area contributed by atoms with Crippen molar-refractivity contribution >= 4 is 41.2 Å². The average Bonchev–Trinajstić information content (AvgIpc) is 3.19. The number of ketones is 3. The first-order valence-electron chi connectivity index (χ1n) is 14.5. The second kappa shape index (κ2) is 11.7. The molecule has 42 heavy (non-hydrogen) atoms. The van der Waals surface area contributed by atoms with E-state index < -0.39 is 77.9 Å². The van der Waals surface area contributed by atoms with Gasteiger partial charge in [-0.1, -0.05) is 19.4 Å². The van der Waals surface area contributed by atoms with Crippen LogP contribution in [0.1, 0.15) is 84.5 Å². The van der Waals surface area contributed by atoms with Crippen LogP contribution in [0.3, 0.4) is 0 Å². The van der Waals surface area contributed by atoms with E-state index in [9.17, 15) is 38.7 Å². The Balaban J connectivity index is 1.35. The van der Waals surface area contributed by atoms with Crippen molar-refractivity contribution in [2.75, 3.05) is 6.61 Å². The number of carbonyl (C=O) groups excluding carboxylic acids is 5. The van der Waals surface area contributed by atoms with Crippen molar-refractivity contribution in [3.8, 4) is 0 Å². The van der Waals surface area contributed by atoms with Gasteiger partial charge in [-0.15, -0.1) is 0 Å². The minimum absolute atomic E-state index is 0.0125. The number of carboxylic acids is 2. The molecule has 4 aliphatic carbocycles. The summed E-state index contributed by atoms with van der Waals surface area (Å²) >= 11 is 0. The van der Waals surface area contributed by atoms with Gasteiger partial charge in [-0.3, -0.25) is 28.8 Å². The fourth-order valence-corrected chi connectivity index (χ4v) is 8.19. The van der Waals surface area contributed by atoms with Gasteiger partial charge in [0.25, 0.3) is 0 Å². The Bertz CT molecular complexity index is 1240. The van der Waals surface area contributed by atoms with Crippen molar-refractivity contribution in [3.63, 3.8) is 0 Å². The molecule has 0 aromatic heterocycles. The van der Waals surface area contributed by atoms with Gasteiger partial charge in [0.1, 0.15) is 17.4 Å². The van der Waals surface area contributed by atoms with Crippen molar-refractivity contribution in [2.24, 2.45) is 28.6 Å². The zero-order chi connectivity index (χ0) is 31.0. The Morgan fingerprint density at radius 1 is 1.02 bits per heavy atom. The Morgan fingerprint density at radius 3 is 2.40 bits per heavy atom. The van der Waals surface area contributed by atoms with Crippen molar-refractivity contribution in [1.82, 2.24) is 5.32 Å². The van der Waals surface area contributed by atoms with Crippen LogP contribution in [-0.4, -0.2) is 74.7 Å². The lowest BCUT2D eigenvalue weighted by Gasteiger charge is -2.57. The number of esters is 1. The quantitative estimate of drug-likeness (QED) is 0.256. The van der Waals surface area contributed by atoms with Crippen molar-refractivity contribution in [1.29, 1.82) is 0 Å². The summed E-state index contributed by atoms with van der Waals surface area (Å²) in [6.45, 7) is 3.10. The number of ether oxygens (including phenoxy) is 1. The normalized spacial score (nSPS) is 34.3. The van der Waals surface area contributed by atoms with Crippen LogP contribution in [0, 0.1) is 28.6 Å². The molecule has 0 heterocycles. The van der Waals surface area contributed by atoms with E-state index in [1.54, 1.807) is 13.0 Å². The molecule has 12 heteroatoms. The van der Waals surface area contributed by atoms with Gasteiger partial charge < -0.3 is 25.4 Å². The highest BCUT2D eigenvalue weighted by Gasteiger charge is 2.68. The van der Waals surface area contributed by atoms with Crippen molar-refractivity contribution in [2.45, 2.75) is 96.1 Å². The fraction of sp³-hybridized carbons (Fsp3) is 0.700. The molecule has 0 spiro atoms. The highest BCUT2D eigenvalue weighted by molar-refractivity contribution is 5.95. The van der Waals surface area contributed by atoms with Crippen LogP contribution < -0.4 is 5.32 Å². The van der Waals surface area contributed by atoms with Gasteiger partial charge in [0.2, 0.25) is 11.7 Å². The molecular formula is C30H39NO11. The number of Topliss-reactive ketones (excluding diaryl/α,β-unsaturated/α-hetero) is 2. The summed E-state index contributed by atoms with van der Waals surface area (Å²) in [5.41, 5.74) is -2.27. The van der Waals surface area contributed by atoms with Crippen LogP contribution in [0.2, 0.25) is 0 Å². The lowest BCUT2D eigenvalue weighted by Crippen LogP contribution is -2.61. The summed E-state index contributed by atoms with van der Waals surface area (Å²) in [7, 11) is 0. The fourth-order valence-electron chi connectivity index (χ4n) is 8.19. The summed E-state index contributed by atoms with van der Waals surface area (Å²) in [6, 6.07) is -1.43. The monoisotopic (exact) mass is 589 g/mol. The molecule has 230 valence electrons. The van der Waals surface area contributed by atoms with E-state index in [2.05, 4.69) is 12.2 Å². The molecule has 0 bridgehead atoms. The van der Waals surface area contributed by atoms with Crippen LogP contribution in [-0.2, 0) is 38.3 Å². The maximum Gasteiger partial charge on any atom is 0.326 e. The number of aliphatic carboxylic acids is 2. The number of hydrogen-bond acceptors (Lipinski definition) is 9. The molecule has 4 rings (SSSR count). The molecule has 0 saturated heterocycles. The third kappa shape index (κ3) is 5.65. The maximum atomic E-state index is 13.7. The Labute approximate surface area is 243 Å². The first-order valence-corrected chi connectivity index (χ1v) is 14.5. The molecule has 3 fully saturated rings. The number of hydrogen-bond donors (Lipinski definition) is 4. The molecule has 7 atom stereocenters. The van der Waals surface area contributed by atoms with Crippen LogP contribution in [0.4, 0.5) is 0 Å². The van der Waals surface area contributed by atoms with E-state index in [1.807, 2.05) is 0 Å². The molecule has 1 amide bonds. The molecule has 4 aliphatic rings. The van der Waals surface area contributed by atoms with Gasteiger partial charge in [-0.05, 0) is 61.9 Å². The number of nitrogens with one attached hydrogen (secondary N) is 1. The molecule has 3 saturated carbocycles. The summed E-state index contributed by atoms with van der Waals surface area (Å²) in [6.07, 6.45) is 3.13. The van der Waals surface area contributed by atoms with Crippen LogP contribution >= 0.6 is 0 Å². The average molecular weight is 590 g/mol. The number of fused-ring (bicyclic) bond motifs is 5. The SMILES string of the molecule is CC12CCC(=O)C=C1CCC1C2C(=O)CC2(C)C1CCC2(O)C(=O)COC(=O)CCC(=O)NC(CCC(=O)O)C(=O)O. The zero-order valence-electron chi connectivity index (χ0n) is 24.0.